The Balaban J connectivity index is 2.02. The average molecular weight is 275 g/mol. The van der Waals surface area contributed by atoms with E-state index >= 15 is 0 Å². The van der Waals surface area contributed by atoms with Crippen LogP contribution >= 0.6 is 0 Å². The van der Waals surface area contributed by atoms with Crippen LogP contribution in [-0.4, -0.2) is 46.2 Å². The van der Waals surface area contributed by atoms with Crippen molar-refractivity contribution >= 4 is 17.3 Å². The Morgan fingerprint density at radius 1 is 1.35 bits per heavy atom. The van der Waals surface area contributed by atoms with E-state index in [1.54, 1.807) is 0 Å². The molecule has 0 radical (unpaired) electrons. The summed E-state index contributed by atoms with van der Waals surface area (Å²) in [6.45, 7) is 8.80. The fourth-order valence-corrected chi connectivity index (χ4v) is 2.74. The molecule has 2 aromatic heterocycles. The number of ether oxygens (including phenoxy) is 1. The Bertz CT molecular complexity index is 586. The smallest absolute Gasteiger partial charge is 0.180 e. The van der Waals surface area contributed by atoms with Crippen LogP contribution in [0, 0.1) is 0 Å². The molecule has 2 aromatic rings. The number of aromatic nitrogens is 3. The number of hydrogen-bond donors (Lipinski definition) is 1. The van der Waals surface area contributed by atoms with Gasteiger partial charge in [0, 0.05) is 32.0 Å². The Labute approximate surface area is 118 Å². The van der Waals surface area contributed by atoms with Crippen LogP contribution in [0.5, 0.6) is 0 Å². The molecule has 6 nitrogen and oxygen atoms in total. The third-order valence-corrected chi connectivity index (χ3v) is 3.43. The first-order valence-electron chi connectivity index (χ1n) is 7.15. The minimum absolute atomic E-state index is 0.207. The van der Waals surface area contributed by atoms with Crippen LogP contribution in [0.3, 0.4) is 0 Å². The Morgan fingerprint density at radius 2 is 2.10 bits per heavy atom. The summed E-state index contributed by atoms with van der Waals surface area (Å²) in [6, 6.07) is 0. The van der Waals surface area contributed by atoms with Gasteiger partial charge in [-0.1, -0.05) is 0 Å². The normalized spacial score (nSPS) is 23.2. The van der Waals surface area contributed by atoms with Crippen molar-refractivity contribution in [3.63, 3.8) is 0 Å². The second-order valence-corrected chi connectivity index (χ2v) is 5.30. The van der Waals surface area contributed by atoms with Crippen LogP contribution in [-0.2, 0) is 4.74 Å². The molecule has 3 heterocycles. The lowest BCUT2D eigenvalue weighted by molar-refractivity contribution is -0.00539. The number of nitrogens with zero attached hydrogens (tertiary/aromatic N) is 4. The van der Waals surface area contributed by atoms with Gasteiger partial charge in [-0.05, 0) is 20.8 Å². The molecule has 0 unspecified atom stereocenters. The van der Waals surface area contributed by atoms with Gasteiger partial charge in [-0.25, -0.2) is 9.97 Å². The lowest BCUT2D eigenvalue weighted by Crippen LogP contribution is -2.46. The lowest BCUT2D eigenvalue weighted by atomic mass is 10.2. The summed E-state index contributed by atoms with van der Waals surface area (Å²) < 4.78 is 7.82. The summed E-state index contributed by atoms with van der Waals surface area (Å²) in [5, 5.41) is 3.27. The fraction of sp³-hybridized carbons (Fsp3) is 0.571. The monoisotopic (exact) mass is 275 g/mol. The number of morpholine rings is 1. The zero-order valence-corrected chi connectivity index (χ0v) is 12.2. The van der Waals surface area contributed by atoms with Gasteiger partial charge in [-0.2, -0.15) is 0 Å². The summed E-state index contributed by atoms with van der Waals surface area (Å²) in [7, 11) is 0. The molecular weight excluding hydrogens is 254 g/mol. The molecular formula is C14H21N5O. The quantitative estimate of drug-likeness (QED) is 0.925. The van der Waals surface area contributed by atoms with Crippen molar-refractivity contribution in [2.24, 2.45) is 0 Å². The van der Waals surface area contributed by atoms with Gasteiger partial charge in [0.1, 0.15) is 5.82 Å². The predicted octanol–water partition coefficient (Wildman–Crippen LogP) is 1.77. The molecule has 2 atom stereocenters. The highest BCUT2D eigenvalue weighted by atomic mass is 16.5. The molecule has 6 heteroatoms. The van der Waals surface area contributed by atoms with Gasteiger partial charge in [0.15, 0.2) is 11.5 Å². The molecule has 0 amide bonds. The summed E-state index contributed by atoms with van der Waals surface area (Å²) in [6.07, 6.45) is 6.15. The van der Waals surface area contributed by atoms with E-state index in [4.69, 9.17) is 9.72 Å². The maximum Gasteiger partial charge on any atom is 0.180 e. The minimum atomic E-state index is 0.207. The highest BCUT2D eigenvalue weighted by Crippen LogP contribution is 2.24. The molecule has 20 heavy (non-hydrogen) atoms. The second kappa shape index (κ2) is 5.28. The van der Waals surface area contributed by atoms with E-state index in [9.17, 15) is 0 Å². The first-order chi connectivity index (χ1) is 9.67. The van der Waals surface area contributed by atoms with Gasteiger partial charge in [-0.15, -0.1) is 0 Å². The van der Waals surface area contributed by atoms with E-state index in [1.165, 1.54) is 0 Å². The van der Waals surface area contributed by atoms with Crippen LogP contribution in [0.4, 0.5) is 11.6 Å². The van der Waals surface area contributed by atoms with Crippen LogP contribution in [0.15, 0.2) is 18.6 Å². The molecule has 3 rings (SSSR count). The number of anilines is 2. The van der Waals surface area contributed by atoms with Gasteiger partial charge in [0.25, 0.3) is 0 Å². The SMILES string of the molecule is CCNc1cn2ccnc2c(N2C[C@@H](C)O[C@@H](C)C2)n1. The molecule has 1 saturated heterocycles. The van der Waals surface area contributed by atoms with Crippen molar-refractivity contribution in [1.82, 2.24) is 14.4 Å². The second-order valence-electron chi connectivity index (χ2n) is 5.30. The van der Waals surface area contributed by atoms with E-state index in [0.29, 0.717) is 0 Å². The topological polar surface area (TPSA) is 54.7 Å². The lowest BCUT2D eigenvalue weighted by Gasteiger charge is -2.36. The Kier molecular flexibility index (Phi) is 3.48. The van der Waals surface area contributed by atoms with Gasteiger partial charge in [-0.3, -0.25) is 0 Å². The number of imidazole rings is 1. The summed E-state index contributed by atoms with van der Waals surface area (Å²) in [5.74, 6) is 1.80. The van der Waals surface area contributed by atoms with Crippen LogP contribution < -0.4 is 10.2 Å². The number of nitrogens with one attached hydrogen (secondary N) is 1. The van der Waals surface area contributed by atoms with Gasteiger partial charge in [0.05, 0.1) is 18.4 Å². The standard InChI is InChI=1S/C14H21N5O/c1-4-15-12-9-18-6-5-16-13(18)14(17-12)19-7-10(2)20-11(3)8-19/h5-6,9-11,15H,4,7-8H2,1-3H3/t10-,11+. The number of hydrogen-bond acceptors (Lipinski definition) is 5. The highest BCUT2D eigenvalue weighted by molar-refractivity contribution is 5.67. The molecule has 0 saturated carbocycles. The van der Waals surface area contributed by atoms with Gasteiger partial charge in [0.2, 0.25) is 0 Å². The van der Waals surface area contributed by atoms with Crippen molar-refractivity contribution in [1.29, 1.82) is 0 Å². The Morgan fingerprint density at radius 3 is 2.80 bits per heavy atom. The van der Waals surface area contributed by atoms with Crippen molar-refractivity contribution < 1.29 is 4.74 Å². The highest BCUT2D eigenvalue weighted by Gasteiger charge is 2.25. The van der Waals surface area contributed by atoms with E-state index in [-0.39, 0.29) is 12.2 Å². The number of fused-ring (bicyclic) bond motifs is 1. The van der Waals surface area contributed by atoms with Crippen LogP contribution in [0.25, 0.3) is 5.65 Å². The summed E-state index contributed by atoms with van der Waals surface area (Å²) >= 11 is 0. The van der Waals surface area contributed by atoms with Crippen molar-refractivity contribution in [2.45, 2.75) is 33.0 Å². The third kappa shape index (κ3) is 2.43. The molecule has 1 fully saturated rings. The molecule has 1 aliphatic rings. The van der Waals surface area contributed by atoms with E-state index in [2.05, 4.69) is 36.0 Å². The minimum Gasteiger partial charge on any atom is -0.372 e. The predicted molar refractivity (Wildman–Crippen MR) is 79.4 cm³/mol. The molecule has 1 aliphatic heterocycles. The molecule has 0 aliphatic carbocycles. The largest absolute Gasteiger partial charge is 0.372 e. The summed E-state index contributed by atoms with van der Waals surface area (Å²) in [4.78, 5) is 11.4. The molecule has 108 valence electrons. The maximum atomic E-state index is 5.80. The maximum absolute atomic E-state index is 5.80. The zero-order valence-electron chi connectivity index (χ0n) is 12.2. The van der Waals surface area contributed by atoms with E-state index in [1.807, 2.05) is 23.0 Å². The van der Waals surface area contributed by atoms with Crippen molar-refractivity contribution in [3.8, 4) is 0 Å². The van der Waals surface area contributed by atoms with Crippen LogP contribution in [0.2, 0.25) is 0 Å². The Hall–Kier alpha value is -1.82. The van der Waals surface area contributed by atoms with Crippen molar-refractivity contribution in [3.05, 3.63) is 18.6 Å². The summed E-state index contributed by atoms with van der Waals surface area (Å²) in [5.41, 5.74) is 0.896. The third-order valence-electron chi connectivity index (χ3n) is 3.43. The number of rotatable bonds is 3. The molecule has 1 N–H and O–H groups in total. The van der Waals surface area contributed by atoms with Gasteiger partial charge >= 0.3 is 0 Å². The van der Waals surface area contributed by atoms with Gasteiger partial charge < -0.3 is 19.4 Å². The molecule has 0 spiro atoms. The fourth-order valence-electron chi connectivity index (χ4n) is 2.74. The van der Waals surface area contributed by atoms with Crippen molar-refractivity contribution in [2.75, 3.05) is 29.9 Å². The average Bonchev–Trinajstić information content (AvgIpc) is 2.85. The van der Waals surface area contributed by atoms with E-state index < -0.39 is 0 Å². The van der Waals surface area contributed by atoms with E-state index in [0.717, 1.165) is 36.9 Å². The zero-order chi connectivity index (χ0) is 14.1. The molecule has 0 aromatic carbocycles. The first kappa shape index (κ1) is 13.2. The first-order valence-corrected chi connectivity index (χ1v) is 7.15. The van der Waals surface area contributed by atoms with Crippen LogP contribution in [0.1, 0.15) is 20.8 Å². The molecule has 0 bridgehead atoms.